The number of thiazole rings is 1. The van der Waals surface area contributed by atoms with Crippen molar-refractivity contribution in [1.29, 1.82) is 0 Å². The smallest absolute Gasteiger partial charge is 0.301 e. The van der Waals surface area contributed by atoms with Crippen LogP contribution in [0, 0.1) is 0 Å². The summed E-state index contributed by atoms with van der Waals surface area (Å²) in [5.41, 5.74) is 1.49. The zero-order valence-corrected chi connectivity index (χ0v) is 23.7. The molecule has 0 saturated carbocycles. The molecule has 5 rings (SSSR count). The third-order valence-corrected chi connectivity index (χ3v) is 7.88. The molecule has 0 aliphatic carbocycles. The molecule has 0 radical (unpaired) electrons. The van der Waals surface area contributed by atoms with Gasteiger partial charge >= 0.3 is 5.91 Å². The number of fused-ring (bicyclic) bond motifs is 1. The lowest BCUT2D eigenvalue weighted by Crippen LogP contribution is -2.29. The second-order valence-electron chi connectivity index (χ2n) is 9.12. The van der Waals surface area contributed by atoms with Gasteiger partial charge in [-0.1, -0.05) is 42.3 Å². The minimum absolute atomic E-state index is 0.0640. The summed E-state index contributed by atoms with van der Waals surface area (Å²) in [7, 11) is 3.10. The van der Waals surface area contributed by atoms with Crippen LogP contribution in [-0.4, -0.2) is 42.6 Å². The molecule has 1 fully saturated rings. The van der Waals surface area contributed by atoms with Gasteiger partial charge in [-0.3, -0.25) is 14.5 Å². The number of benzene rings is 3. The van der Waals surface area contributed by atoms with Gasteiger partial charge in [0.1, 0.15) is 11.5 Å². The van der Waals surface area contributed by atoms with Crippen molar-refractivity contribution in [2.45, 2.75) is 25.8 Å². The van der Waals surface area contributed by atoms with Gasteiger partial charge in [0, 0.05) is 10.6 Å². The Morgan fingerprint density at radius 2 is 1.80 bits per heavy atom. The largest absolute Gasteiger partial charge is 0.507 e. The highest BCUT2D eigenvalue weighted by Gasteiger charge is 2.48. The van der Waals surface area contributed by atoms with E-state index in [1.165, 1.54) is 23.3 Å². The van der Waals surface area contributed by atoms with E-state index >= 15 is 0 Å². The van der Waals surface area contributed by atoms with E-state index in [1.54, 1.807) is 61.7 Å². The summed E-state index contributed by atoms with van der Waals surface area (Å²) in [5.74, 6) is -0.300. The summed E-state index contributed by atoms with van der Waals surface area (Å²) in [4.78, 5) is 33.1. The standard InChI is InChI=1S/C30H27ClN2O6S/c1-4-5-14-39-22-13-8-18(15-23(22)38-3)26-25(27(34)17-6-9-19(31)10-7-17)28(35)29(36)33(26)30-32-21-12-11-20(37-2)16-24(21)40-30/h6-13,15-16,26,34H,4-5,14H2,1-3H3. The van der Waals surface area contributed by atoms with Crippen LogP contribution in [0.5, 0.6) is 17.2 Å². The molecule has 1 atom stereocenters. The van der Waals surface area contributed by atoms with Crippen molar-refractivity contribution in [3.05, 3.63) is 82.4 Å². The molecule has 8 nitrogen and oxygen atoms in total. The second-order valence-corrected chi connectivity index (χ2v) is 10.6. The SMILES string of the molecule is CCCCOc1ccc(C2C(=C(O)c3ccc(Cl)cc3)C(=O)C(=O)N2c2nc3ccc(OC)cc3s2)cc1OC. The second kappa shape index (κ2) is 11.6. The van der Waals surface area contributed by atoms with E-state index < -0.39 is 17.7 Å². The third kappa shape index (κ3) is 5.10. The summed E-state index contributed by atoms with van der Waals surface area (Å²) in [6, 6.07) is 16.0. The number of ketones is 1. The van der Waals surface area contributed by atoms with Crippen LogP contribution in [0.25, 0.3) is 16.0 Å². The fourth-order valence-electron chi connectivity index (χ4n) is 4.53. The van der Waals surface area contributed by atoms with E-state index in [2.05, 4.69) is 11.9 Å². The van der Waals surface area contributed by atoms with E-state index in [4.69, 9.17) is 25.8 Å². The Labute approximate surface area is 240 Å². The minimum Gasteiger partial charge on any atom is -0.507 e. The molecule has 4 aromatic rings. The van der Waals surface area contributed by atoms with E-state index in [0.717, 1.165) is 17.5 Å². The van der Waals surface area contributed by atoms with Crippen LogP contribution in [0.15, 0.2) is 66.2 Å². The first-order valence-corrected chi connectivity index (χ1v) is 13.9. The zero-order chi connectivity index (χ0) is 28.4. The maximum atomic E-state index is 13.6. The van der Waals surface area contributed by atoms with Gasteiger partial charge in [0.2, 0.25) is 0 Å². The topological polar surface area (TPSA) is 98.2 Å². The van der Waals surface area contributed by atoms with Gasteiger partial charge in [-0.15, -0.1) is 0 Å². The molecule has 1 aliphatic heterocycles. The number of aliphatic hydroxyl groups excluding tert-OH is 1. The number of nitrogens with zero attached hydrogens (tertiary/aromatic N) is 2. The van der Waals surface area contributed by atoms with Crippen molar-refractivity contribution in [3.8, 4) is 17.2 Å². The highest BCUT2D eigenvalue weighted by atomic mass is 35.5. The Morgan fingerprint density at radius 3 is 2.50 bits per heavy atom. The summed E-state index contributed by atoms with van der Waals surface area (Å²) in [5, 5.41) is 12.2. The molecule has 0 bridgehead atoms. The Hall–Kier alpha value is -4.08. The van der Waals surface area contributed by atoms with Gasteiger partial charge in [0.25, 0.3) is 5.78 Å². The molecule has 10 heteroatoms. The molecule has 206 valence electrons. The highest BCUT2D eigenvalue weighted by molar-refractivity contribution is 7.22. The monoisotopic (exact) mass is 578 g/mol. The lowest BCUT2D eigenvalue weighted by Gasteiger charge is -2.24. The van der Waals surface area contributed by atoms with Crippen molar-refractivity contribution in [3.63, 3.8) is 0 Å². The van der Waals surface area contributed by atoms with E-state index in [9.17, 15) is 14.7 Å². The van der Waals surface area contributed by atoms with E-state index in [-0.39, 0.29) is 11.3 Å². The first kappa shape index (κ1) is 27.5. The Bertz CT molecular complexity index is 1610. The molecule has 1 aliphatic rings. The van der Waals surface area contributed by atoms with E-state index in [1.807, 2.05) is 6.07 Å². The average Bonchev–Trinajstić information content (AvgIpc) is 3.50. The van der Waals surface area contributed by atoms with Crippen LogP contribution < -0.4 is 19.1 Å². The Morgan fingerprint density at radius 1 is 1.02 bits per heavy atom. The maximum absolute atomic E-state index is 13.6. The number of hydrogen-bond donors (Lipinski definition) is 1. The average molecular weight is 579 g/mol. The lowest BCUT2D eigenvalue weighted by molar-refractivity contribution is -0.132. The number of halogens is 1. The zero-order valence-electron chi connectivity index (χ0n) is 22.1. The number of aromatic nitrogens is 1. The number of ether oxygens (including phenoxy) is 3. The number of hydrogen-bond acceptors (Lipinski definition) is 8. The number of anilines is 1. The van der Waals surface area contributed by atoms with Crippen molar-refractivity contribution < 1.29 is 28.9 Å². The van der Waals surface area contributed by atoms with Crippen molar-refractivity contribution in [2.24, 2.45) is 0 Å². The molecule has 1 aromatic heterocycles. The molecule has 40 heavy (non-hydrogen) atoms. The van der Waals surface area contributed by atoms with Crippen LogP contribution in [0.3, 0.4) is 0 Å². The summed E-state index contributed by atoms with van der Waals surface area (Å²) in [6.07, 6.45) is 1.86. The van der Waals surface area contributed by atoms with Crippen LogP contribution in [0.4, 0.5) is 5.13 Å². The fraction of sp³-hybridized carbons (Fsp3) is 0.233. The molecule has 0 spiro atoms. The highest BCUT2D eigenvalue weighted by Crippen LogP contribution is 2.46. The lowest BCUT2D eigenvalue weighted by atomic mass is 9.95. The number of Topliss-reactive ketones (excluding diaryl/α,β-unsaturated/α-hetero) is 1. The Balaban J connectivity index is 1.68. The predicted molar refractivity (Wildman–Crippen MR) is 156 cm³/mol. The maximum Gasteiger partial charge on any atom is 0.301 e. The molecule has 1 N–H and O–H groups in total. The molecule has 2 heterocycles. The number of carbonyl (C=O) groups excluding carboxylic acids is 2. The first-order valence-electron chi connectivity index (χ1n) is 12.7. The molecule has 3 aromatic carbocycles. The summed E-state index contributed by atoms with van der Waals surface area (Å²) in [6.45, 7) is 2.60. The van der Waals surface area contributed by atoms with Gasteiger partial charge < -0.3 is 19.3 Å². The third-order valence-electron chi connectivity index (χ3n) is 6.61. The number of methoxy groups -OCH3 is 2. The van der Waals surface area contributed by atoms with Crippen LogP contribution >= 0.6 is 22.9 Å². The minimum atomic E-state index is -0.975. The van der Waals surface area contributed by atoms with Crippen LogP contribution in [0.1, 0.15) is 36.9 Å². The normalized spacial score (nSPS) is 16.5. The molecular weight excluding hydrogens is 552 g/mol. The summed E-state index contributed by atoms with van der Waals surface area (Å²) < 4.78 is 17.6. The number of aliphatic hydroxyl groups is 1. The molecule has 1 amide bonds. The number of unbranched alkanes of at least 4 members (excludes halogenated alkanes) is 1. The molecule has 1 saturated heterocycles. The Kier molecular flexibility index (Phi) is 7.95. The number of rotatable bonds is 9. The van der Waals surface area contributed by atoms with Crippen molar-refractivity contribution in [1.82, 2.24) is 4.98 Å². The van der Waals surface area contributed by atoms with Crippen LogP contribution in [-0.2, 0) is 9.59 Å². The summed E-state index contributed by atoms with van der Waals surface area (Å²) >= 11 is 7.29. The quantitative estimate of drug-likeness (QED) is 0.101. The fourth-order valence-corrected chi connectivity index (χ4v) is 5.68. The van der Waals surface area contributed by atoms with Gasteiger partial charge in [0.05, 0.1) is 42.7 Å². The van der Waals surface area contributed by atoms with E-state index in [0.29, 0.717) is 50.7 Å². The molecular formula is C30H27ClN2O6S. The van der Waals surface area contributed by atoms with Gasteiger partial charge in [-0.05, 0) is 66.6 Å². The van der Waals surface area contributed by atoms with Crippen LogP contribution in [0.2, 0.25) is 5.02 Å². The van der Waals surface area contributed by atoms with Gasteiger partial charge in [-0.2, -0.15) is 0 Å². The number of amides is 1. The predicted octanol–water partition coefficient (Wildman–Crippen LogP) is 6.77. The van der Waals surface area contributed by atoms with Crippen molar-refractivity contribution in [2.75, 3.05) is 25.7 Å². The number of carbonyl (C=O) groups is 2. The van der Waals surface area contributed by atoms with Gasteiger partial charge in [0.15, 0.2) is 16.6 Å². The van der Waals surface area contributed by atoms with Crippen molar-refractivity contribution >= 4 is 55.7 Å². The first-order chi connectivity index (χ1) is 19.4. The van der Waals surface area contributed by atoms with Gasteiger partial charge in [-0.25, -0.2) is 4.98 Å². The molecule has 1 unspecified atom stereocenters.